The van der Waals surface area contributed by atoms with Gasteiger partial charge in [0.2, 0.25) is 0 Å². The second-order valence-electron chi connectivity index (χ2n) is 3.40. The van der Waals surface area contributed by atoms with Crippen LogP contribution in [0, 0.1) is 11.6 Å². The molecule has 0 radical (unpaired) electrons. The number of benzene rings is 2. The van der Waals surface area contributed by atoms with Crippen LogP contribution in [0.2, 0.25) is 0 Å². The second-order valence-corrected chi connectivity index (χ2v) is 3.40. The molecule has 2 rings (SSSR count). The van der Waals surface area contributed by atoms with Crippen LogP contribution >= 0.6 is 0 Å². The van der Waals surface area contributed by atoms with E-state index in [-0.39, 0.29) is 11.4 Å². The number of hydrogen-bond acceptors (Lipinski definition) is 2. The molecule has 2 aromatic carbocycles. The Balaban J connectivity index is 0.000000184. The fourth-order valence-corrected chi connectivity index (χ4v) is 1.17. The van der Waals surface area contributed by atoms with Crippen molar-refractivity contribution in [2.75, 3.05) is 5.73 Å². The summed E-state index contributed by atoms with van der Waals surface area (Å²) in [5.41, 5.74) is 10.5. The van der Waals surface area contributed by atoms with Gasteiger partial charge in [-0.2, -0.15) is 0 Å². The molecule has 2 aromatic rings. The van der Waals surface area contributed by atoms with Gasteiger partial charge in [0.15, 0.2) is 0 Å². The van der Waals surface area contributed by atoms with Crippen molar-refractivity contribution in [2.24, 2.45) is 5.73 Å². The molecule has 3 nitrogen and oxygen atoms in total. The lowest BCUT2D eigenvalue weighted by molar-refractivity contribution is 0.0996. The minimum Gasteiger partial charge on any atom is -0.399 e. The molecular weight excluding hydrogens is 238 g/mol. The van der Waals surface area contributed by atoms with Gasteiger partial charge in [-0.3, -0.25) is 4.79 Å². The van der Waals surface area contributed by atoms with Gasteiger partial charge < -0.3 is 11.5 Å². The monoisotopic (exact) mass is 250 g/mol. The summed E-state index contributed by atoms with van der Waals surface area (Å²) in [5.74, 6) is -1.60. The van der Waals surface area contributed by atoms with Crippen molar-refractivity contribution < 1.29 is 13.6 Å². The largest absolute Gasteiger partial charge is 0.399 e. The number of nitrogens with two attached hydrogens (primary N) is 2. The number of hydrogen-bond donors (Lipinski definition) is 2. The van der Waals surface area contributed by atoms with Crippen molar-refractivity contribution in [3.63, 3.8) is 0 Å². The van der Waals surface area contributed by atoms with Gasteiger partial charge in [-0.05, 0) is 30.3 Å². The molecule has 5 heteroatoms. The maximum Gasteiger partial charge on any atom is 0.251 e. The predicted octanol–water partition coefficient (Wildman–Crippen LogP) is 2.33. The first-order chi connectivity index (χ1) is 8.50. The maximum absolute atomic E-state index is 12.5. The van der Waals surface area contributed by atoms with Crippen LogP contribution in [0.15, 0.2) is 48.5 Å². The number of rotatable bonds is 1. The van der Waals surface area contributed by atoms with Crippen LogP contribution in [0.5, 0.6) is 0 Å². The van der Waals surface area contributed by atoms with Crippen molar-refractivity contribution in [1.29, 1.82) is 0 Å². The molecular formula is C13H12F2N2O. The summed E-state index contributed by atoms with van der Waals surface area (Å²) < 4.78 is 24.6. The van der Waals surface area contributed by atoms with Crippen LogP contribution in [0.25, 0.3) is 0 Å². The van der Waals surface area contributed by atoms with E-state index in [4.69, 9.17) is 11.5 Å². The molecule has 0 spiro atoms. The number of anilines is 1. The van der Waals surface area contributed by atoms with Gasteiger partial charge in [-0.15, -0.1) is 0 Å². The summed E-state index contributed by atoms with van der Waals surface area (Å²) in [6, 6.07) is 11.5. The first-order valence-electron chi connectivity index (χ1n) is 5.06. The van der Waals surface area contributed by atoms with Gasteiger partial charge in [0.05, 0.1) is 5.56 Å². The lowest BCUT2D eigenvalue weighted by Gasteiger charge is -1.94. The Labute approximate surface area is 103 Å². The molecule has 0 unspecified atom stereocenters. The minimum absolute atomic E-state index is 0.0671. The highest BCUT2D eigenvalue weighted by Crippen LogP contribution is 2.04. The summed E-state index contributed by atoms with van der Waals surface area (Å²) >= 11 is 0. The van der Waals surface area contributed by atoms with Crippen LogP contribution in [0.3, 0.4) is 0 Å². The number of nitrogen functional groups attached to an aromatic ring is 1. The van der Waals surface area contributed by atoms with Gasteiger partial charge >= 0.3 is 0 Å². The van der Waals surface area contributed by atoms with E-state index in [0.29, 0.717) is 5.69 Å². The van der Waals surface area contributed by atoms with Gasteiger partial charge in [-0.1, -0.05) is 18.2 Å². The highest BCUT2D eigenvalue weighted by atomic mass is 19.1. The number of carbonyl (C=O) groups excluding carboxylic acids is 1. The highest BCUT2D eigenvalue weighted by Gasteiger charge is 2.04. The SMILES string of the molecule is NC(=O)c1ccccc1F.Nc1cccc(F)c1. The number of amides is 1. The first-order valence-corrected chi connectivity index (χ1v) is 5.06. The van der Waals surface area contributed by atoms with Crippen LogP contribution < -0.4 is 11.5 Å². The molecule has 0 saturated heterocycles. The smallest absolute Gasteiger partial charge is 0.251 e. The standard InChI is InChI=1S/C7H6FNO.C6H6FN/c8-6-4-2-1-3-5(6)7(9)10;7-5-2-1-3-6(8)4-5/h1-4H,(H2,9,10);1-4H,8H2. The van der Waals surface area contributed by atoms with E-state index in [1.165, 1.54) is 30.3 Å². The van der Waals surface area contributed by atoms with Gasteiger partial charge in [0.25, 0.3) is 5.91 Å². The van der Waals surface area contributed by atoms with Crippen LogP contribution in [0.4, 0.5) is 14.5 Å². The lowest BCUT2D eigenvalue weighted by Crippen LogP contribution is -2.12. The average molecular weight is 250 g/mol. The summed E-state index contributed by atoms with van der Waals surface area (Å²) in [6.07, 6.45) is 0. The van der Waals surface area contributed by atoms with E-state index < -0.39 is 11.7 Å². The molecule has 0 heterocycles. The van der Waals surface area contributed by atoms with Gasteiger partial charge in [0.1, 0.15) is 11.6 Å². The van der Waals surface area contributed by atoms with Gasteiger partial charge in [-0.25, -0.2) is 8.78 Å². The molecule has 0 saturated carbocycles. The molecule has 18 heavy (non-hydrogen) atoms. The zero-order chi connectivity index (χ0) is 13.5. The fourth-order valence-electron chi connectivity index (χ4n) is 1.17. The molecule has 0 aliphatic rings. The normalized spacial score (nSPS) is 9.22. The number of carbonyl (C=O) groups is 1. The molecule has 0 aliphatic heterocycles. The topological polar surface area (TPSA) is 69.1 Å². The Morgan fingerprint density at radius 1 is 1.00 bits per heavy atom. The summed E-state index contributed by atoms with van der Waals surface area (Å²) in [7, 11) is 0. The second kappa shape index (κ2) is 6.34. The fraction of sp³-hybridized carbons (Fsp3) is 0. The van der Waals surface area contributed by atoms with E-state index in [0.717, 1.165) is 0 Å². The predicted molar refractivity (Wildman–Crippen MR) is 65.7 cm³/mol. The van der Waals surface area contributed by atoms with Crippen molar-refractivity contribution >= 4 is 11.6 Å². The first kappa shape index (κ1) is 13.6. The lowest BCUT2D eigenvalue weighted by atomic mass is 10.2. The molecule has 4 N–H and O–H groups in total. The summed E-state index contributed by atoms with van der Waals surface area (Å²) in [4.78, 5) is 10.4. The Bertz CT molecular complexity index is 527. The molecule has 0 fully saturated rings. The number of halogens is 2. The Morgan fingerprint density at radius 2 is 1.67 bits per heavy atom. The van der Waals surface area contributed by atoms with Crippen LogP contribution in [0.1, 0.15) is 10.4 Å². The third-order valence-corrected chi connectivity index (χ3v) is 1.99. The van der Waals surface area contributed by atoms with E-state index in [9.17, 15) is 13.6 Å². The van der Waals surface area contributed by atoms with E-state index >= 15 is 0 Å². The van der Waals surface area contributed by atoms with Crippen molar-refractivity contribution in [1.82, 2.24) is 0 Å². The Morgan fingerprint density at radius 3 is 2.06 bits per heavy atom. The third-order valence-electron chi connectivity index (χ3n) is 1.99. The Hall–Kier alpha value is -2.43. The molecule has 1 amide bonds. The summed E-state index contributed by atoms with van der Waals surface area (Å²) in [5, 5.41) is 0. The zero-order valence-electron chi connectivity index (χ0n) is 9.44. The molecule has 0 atom stereocenters. The molecule has 0 bridgehead atoms. The highest BCUT2D eigenvalue weighted by molar-refractivity contribution is 5.92. The van der Waals surface area contributed by atoms with Crippen molar-refractivity contribution in [3.05, 3.63) is 65.7 Å². The zero-order valence-corrected chi connectivity index (χ0v) is 9.44. The van der Waals surface area contributed by atoms with Gasteiger partial charge in [0, 0.05) is 5.69 Å². The Kier molecular flexibility index (Phi) is 4.80. The van der Waals surface area contributed by atoms with E-state index in [2.05, 4.69) is 0 Å². The van der Waals surface area contributed by atoms with E-state index in [1.54, 1.807) is 18.2 Å². The molecule has 0 aromatic heterocycles. The average Bonchev–Trinajstić information content (AvgIpc) is 2.29. The van der Waals surface area contributed by atoms with Crippen molar-refractivity contribution in [3.8, 4) is 0 Å². The maximum atomic E-state index is 12.5. The molecule has 0 aliphatic carbocycles. The number of primary amides is 1. The molecule has 94 valence electrons. The third kappa shape index (κ3) is 4.21. The van der Waals surface area contributed by atoms with E-state index in [1.807, 2.05) is 0 Å². The quantitative estimate of drug-likeness (QED) is 0.762. The van der Waals surface area contributed by atoms with Crippen LogP contribution in [-0.4, -0.2) is 5.91 Å². The summed E-state index contributed by atoms with van der Waals surface area (Å²) in [6.45, 7) is 0. The van der Waals surface area contributed by atoms with Crippen LogP contribution in [-0.2, 0) is 0 Å². The minimum atomic E-state index is -0.738. The van der Waals surface area contributed by atoms with Crippen molar-refractivity contribution in [2.45, 2.75) is 0 Å².